The first-order chi connectivity index (χ1) is 32.5. The van der Waals surface area contributed by atoms with E-state index in [9.17, 15) is 14.4 Å². The molecule has 0 saturated carbocycles. The number of esters is 3. The van der Waals surface area contributed by atoms with Crippen LogP contribution in [-0.4, -0.2) is 37.2 Å². The second kappa shape index (κ2) is 53.2. The van der Waals surface area contributed by atoms with Gasteiger partial charge in [0, 0.05) is 19.3 Å². The largest absolute Gasteiger partial charge is 0.462 e. The van der Waals surface area contributed by atoms with Gasteiger partial charge in [-0.1, -0.05) is 225 Å². The minimum absolute atomic E-state index is 0.135. The zero-order chi connectivity index (χ0) is 47.9. The van der Waals surface area contributed by atoms with Crippen LogP contribution in [0.25, 0.3) is 0 Å². The molecule has 0 bridgehead atoms. The normalized spacial score (nSPS) is 13.2. The molecule has 0 aliphatic rings. The molecular weight excluding hydrogens is 817 g/mol. The minimum atomic E-state index is -0.847. The maximum absolute atomic E-state index is 12.8. The van der Waals surface area contributed by atoms with Gasteiger partial charge in [0.05, 0.1) is 0 Å². The number of hydrogen-bond acceptors (Lipinski definition) is 6. The second-order valence-corrected chi connectivity index (χ2v) is 16.8. The van der Waals surface area contributed by atoms with Crippen LogP contribution in [0, 0.1) is 0 Å². The van der Waals surface area contributed by atoms with Crippen molar-refractivity contribution >= 4 is 17.9 Å². The molecule has 0 spiro atoms. The topological polar surface area (TPSA) is 78.9 Å². The van der Waals surface area contributed by atoms with E-state index in [1.165, 1.54) is 77.0 Å². The van der Waals surface area contributed by atoms with E-state index in [4.69, 9.17) is 14.2 Å². The number of carbonyl (C=O) groups excluding carboxylic acids is 3. The molecule has 0 rings (SSSR count). The molecule has 1 atom stereocenters. The summed E-state index contributed by atoms with van der Waals surface area (Å²) in [5, 5.41) is 0. The van der Waals surface area contributed by atoms with Crippen LogP contribution in [0.15, 0.2) is 134 Å². The zero-order valence-corrected chi connectivity index (χ0v) is 42.1. The monoisotopic (exact) mass is 911 g/mol. The predicted octanol–water partition coefficient (Wildman–Crippen LogP) is 17.5. The molecule has 0 saturated heterocycles. The summed E-state index contributed by atoms with van der Waals surface area (Å²) in [6.45, 7) is 6.32. The number of allylic oxidation sites excluding steroid dienone is 22. The van der Waals surface area contributed by atoms with Crippen molar-refractivity contribution in [2.24, 2.45) is 0 Å². The van der Waals surface area contributed by atoms with Gasteiger partial charge >= 0.3 is 17.9 Å². The Kier molecular flexibility index (Phi) is 49.6. The second-order valence-electron chi connectivity index (χ2n) is 16.8. The van der Waals surface area contributed by atoms with Crippen LogP contribution in [0.2, 0.25) is 0 Å². The number of rotatable bonds is 45. The third-order valence-corrected chi connectivity index (χ3v) is 10.5. The summed E-state index contributed by atoms with van der Waals surface area (Å²) in [5.41, 5.74) is 0. The van der Waals surface area contributed by atoms with Crippen LogP contribution < -0.4 is 0 Å². The molecule has 0 aliphatic heterocycles. The molecule has 370 valence electrons. The summed E-state index contributed by atoms with van der Waals surface area (Å²) in [4.78, 5) is 38.0. The van der Waals surface area contributed by atoms with Crippen molar-refractivity contribution in [3.63, 3.8) is 0 Å². The molecule has 66 heavy (non-hydrogen) atoms. The molecule has 0 aliphatic carbocycles. The quantitative estimate of drug-likeness (QED) is 0.0199. The minimum Gasteiger partial charge on any atom is -0.462 e. The van der Waals surface area contributed by atoms with E-state index < -0.39 is 12.1 Å². The number of unbranched alkanes of at least 4 members (excludes halogenated alkanes) is 17. The van der Waals surface area contributed by atoms with E-state index >= 15 is 0 Å². The molecule has 0 radical (unpaired) electrons. The average Bonchev–Trinajstić information content (AvgIpc) is 3.31. The van der Waals surface area contributed by atoms with Crippen LogP contribution in [0.1, 0.15) is 207 Å². The molecule has 0 fully saturated rings. The highest BCUT2D eigenvalue weighted by Gasteiger charge is 2.19. The molecule has 0 aromatic carbocycles. The van der Waals surface area contributed by atoms with Gasteiger partial charge in [0.2, 0.25) is 0 Å². The highest BCUT2D eigenvalue weighted by Crippen LogP contribution is 2.12. The molecule has 1 unspecified atom stereocenters. The van der Waals surface area contributed by atoms with Crippen LogP contribution >= 0.6 is 0 Å². The van der Waals surface area contributed by atoms with E-state index in [1.54, 1.807) is 0 Å². The lowest BCUT2D eigenvalue weighted by atomic mass is 10.1. The lowest BCUT2D eigenvalue weighted by Gasteiger charge is -2.18. The van der Waals surface area contributed by atoms with Crippen molar-refractivity contribution in [2.45, 2.75) is 213 Å². The van der Waals surface area contributed by atoms with E-state index in [-0.39, 0.29) is 38.0 Å². The Morgan fingerprint density at radius 2 is 0.667 bits per heavy atom. The fraction of sp³-hybridized carbons (Fsp3) is 0.583. The fourth-order valence-electron chi connectivity index (χ4n) is 6.57. The highest BCUT2D eigenvalue weighted by molar-refractivity contribution is 5.71. The van der Waals surface area contributed by atoms with Gasteiger partial charge in [-0.2, -0.15) is 0 Å². The lowest BCUT2D eigenvalue weighted by Crippen LogP contribution is -2.30. The lowest BCUT2D eigenvalue weighted by molar-refractivity contribution is -0.167. The molecule has 6 nitrogen and oxygen atoms in total. The Labute approximate surface area is 405 Å². The van der Waals surface area contributed by atoms with Gasteiger partial charge in [-0.15, -0.1) is 0 Å². The Bertz CT molecular complexity index is 1460. The predicted molar refractivity (Wildman–Crippen MR) is 283 cm³/mol. The Hall–Kier alpha value is -4.45. The molecule has 0 amide bonds. The maximum Gasteiger partial charge on any atom is 0.306 e. The van der Waals surface area contributed by atoms with Gasteiger partial charge in [-0.25, -0.2) is 0 Å². The summed E-state index contributed by atoms with van der Waals surface area (Å²) in [5.74, 6) is -1.09. The Morgan fingerprint density at radius 1 is 0.333 bits per heavy atom. The molecule has 0 heterocycles. The first kappa shape index (κ1) is 61.5. The van der Waals surface area contributed by atoms with Crippen molar-refractivity contribution < 1.29 is 28.6 Å². The third kappa shape index (κ3) is 50.5. The molecular formula is C60H94O6. The van der Waals surface area contributed by atoms with Gasteiger partial charge in [0.15, 0.2) is 6.10 Å². The van der Waals surface area contributed by atoms with Crippen molar-refractivity contribution in [1.29, 1.82) is 0 Å². The first-order valence-electron chi connectivity index (χ1n) is 26.3. The SMILES string of the molecule is CC\C=C/C=C\C=C/C=C\C=C/CCCC(=O)OCC(COC(=O)CCCCCCC/C=C\C=C/CCCCCCCCC)OC(=O)CCC/C=C\C/C=C\C/C=C\C/C=C\CCCCC. The van der Waals surface area contributed by atoms with E-state index in [0.717, 1.165) is 77.0 Å². The summed E-state index contributed by atoms with van der Waals surface area (Å²) >= 11 is 0. The smallest absolute Gasteiger partial charge is 0.306 e. The van der Waals surface area contributed by atoms with Crippen molar-refractivity contribution in [3.05, 3.63) is 134 Å². The van der Waals surface area contributed by atoms with Crippen LogP contribution in [0.4, 0.5) is 0 Å². The third-order valence-electron chi connectivity index (χ3n) is 10.5. The Balaban J connectivity index is 4.61. The van der Waals surface area contributed by atoms with E-state index in [2.05, 4.69) is 99.8 Å². The number of carbonyl (C=O) groups is 3. The van der Waals surface area contributed by atoms with Crippen molar-refractivity contribution in [1.82, 2.24) is 0 Å². The van der Waals surface area contributed by atoms with Gasteiger partial charge in [-0.3, -0.25) is 14.4 Å². The number of ether oxygens (including phenoxy) is 3. The Morgan fingerprint density at radius 3 is 1.18 bits per heavy atom. The van der Waals surface area contributed by atoms with Gasteiger partial charge < -0.3 is 14.2 Å². The average molecular weight is 911 g/mol. The van der Waals surface area contributed by atoms with Crippen molar-refractivity contribution in [3.8, 4) is 0 Å². The highest BCUT2D eigenvalue weighted by atomic mass is 16.6. The fourth-order valence-corrected chi connectivity index (χ4v) is 6.57. The van der Waals surface area contributed by atoms with Crippen LogP contribution in [0.3, 0.4) is 0 Å². The number of hydrogen-bond donors (Lipinski definition) is 0. The summed E-state index contributed by atoms with van der Waals surface area (Å²) in [6.07, 6.45) is 74.5. The summed E-state index contributed by atoms with van der Waals surface area (Å²) in [7, 11) is 0. The van der Waals surface area contributed by atoms with Crippen LogP contribution in [-0.2, 0) is 28.6 Å². The maximum atomic E-state index is 12.8. The van der Waals surface area contributed by atoms with Crippen LogP contribution in [0.5, 0.6) is 0 Å². The molecule has 6 heteroatoms. The van der Waals surface area contributed by atoms with Gasteiger partial charge in [0.1, 0.15) is 13.2 Å². The van der Waals surface area contributed by atoms with Gasteiger partial charge in [0.25, 0.3) is 0 Å². The molecule has 0 aromatic rings. The van der Waals surface area contributed by atoms with E-state index in [0.29, 0.717) is 19.3 Å². The standard InChI is InChI=1S/C60H94O6/c1-4-7-10-13-16-19-22-25-27-29-31-32-35-38-41-44-47-50-53-59(62)65-56-57(55-64-58(61)52-49-46-43-40-37-34-24-21-18-15-12-9-6-3)66-60(63)54-51-48-45-42-39-36-33-30-28-26-23-20-17-14-11-8-5-2/h9,12,15,17-18,20-21,24,26-29,31-34,36-37,40,42-43,45,57H,4-8,10-11,13-14,16,19,22-23,25,30,35,38-39,41,44,46-56H2,1-3H3/b12-9-,18-15-,20-17-,24-21-,28-26-,29-27-,32-31-,36-33-,37-34-,43-40-,45-42-. The molecule has 0 aromatic heterocycles. The summed E-state index contributed by atoms with van der Waals surface area (Å²) in [6, 6.07) is 0. The summed E-state index contributed by atoms with van der Waals surface area (Å²) < 4.78 is 16.7. The van der Waals surface area contributed by atoms with Crippen molar-refractivity contribution in [2.75, 3.05) is 13.2 Å². The first-order valence-corrected chi connectivity index (χ1v) is 26.3. The van der Waals surface area contributed by atoms with Gasteiger partial charge in [-0.05, 0) is 96.3 Å². The molecule has 0 N–H and O–H groups in total. The zero-order valence-electron chi connectivity index (χ0n) is 42.1. The van der Waals surface area contributed by atoms with E-state index in [1.807, 2.05) is 54.7 Å².